The minimum atomic E-state index is 0.898. The summed E-state index contributed by atoms with van der Waals surface area (Å²) in [6, 6.07) is 14.3. The fourth-order valence-electron chi connectivity index (χ4n) is 2.05. The maximum absolute atomic E-state index is 5.32. The van der Waals surface area contributed by atoms with Crippen molar-refractivity contribution in [3.8, 4) is 17.6 Å². The quantitative estimate of drug-likeness (QED) is 0.788. The predicted molar refractivity (Wildman–Crippen MR) is 94.4 cm³/mol. The zero-order valence-electron chi connectivity index (χ0n) is 13.6. The van der Waals surface area contributed by atoms with Crippen molar-refractivity contribution in [3.63, 3.8) is 0 Å². The molecule has 112 valence electrons. The van der Waals surface area contributed by atoms with Crippen LogP contribution in [0.2, 0.25) is 0 Å². The summed E-state index contributed by atoms with van der Waals surface area (Å²) in [6.07, 6.45) is 3.85. The largest absolute Gasteiger partial charge is 0.496 e. The zero-order chi connectivity index (χ0) is 15.9. The van der Waals surface area contributed by atoms with Crippen molar-refractivity contribution in [3.05, 3.63) is 65.2 Å². The molecular formula is C20H21NO. The average Bonchev–Trinajstić information content (AvgIpc) is 2.53. The number of anilines is 1. The van der Waals surface area contributed by atoms with Gasteiger partial charge in [0.1, 0.15) is 5.75 Å². The summed E-state index contributed by atoms with van der Waals surface area (Å²) >= 11 is 0. The van der Waals surface area contributed by atoms with Gasteiger partial charge in [-0.3, -0.25) is 0 Å². The molecule has 0 fully saturated rings. The van der Waals surface area contributed by atoms with Gasteiger partial charge >= 0.3 is 0 Å². The van der Waals surface area contributed by atoms with Crippen molar-refractivity contribution in [2.45, 2.75) is 6.92 Å². The first-order valence-electron chi connectivity index (χ1n) is 7.20. The van der Waals surface area contributed by atoms with E-state index in [4.69, 9.17) is 4.74 Å². The highest BCUT2D eigenvalue weighted by molar-refractivity contribution is 5.57. The number of rotatable bonds is 3. The van der Waals surface area contributed by atoms with E-state index in [0.29, 0.717) is 0 Å². The SMILES string of the molecule is COc1cc(/C=C/C#Cc2ccc(N(C)C)cc2)ccc1C. The Kier molecular flexibility index (Phi) is 5.27. The third kappa shape index (κ3) is 4.17. The van der Waals surface area contributed by atoms with Crippen LogP contribution in [0.15, 0.2) is 48.5 Å². The number of aryl methyl sites for hydroxylation is 1. The van der Waals surface area contributed by atoms with Gasteiger partial charge < -0.3 is 9.64 Å². The minimum absolute atomic E-state index is 0.898. The van der Waals surface area contributed by atoms with E-state index in [1.54, 1.807) is 7.11 Å². The first-order chi connectivity index (χ1) is 10.6. The van der Waals surface area contributed by atoms with Crippen LogP contribution in [0.25, 0.3) is 6.08 Å². The second-order valence-corrected chi connectivity index (χ2v) is 5.27. The van der Waals surface area contributed by atoms with Crippen molar-refractivity contribution >= 4 is 11.8 Å². The van der Waals surface area contributed by atoms with Gasteiger partial charge in [-0.05, 0) is 60.5 Å². The Morgan fingerprint density at radius 2 is 1.77 bits per heavy atom. The number of allylic oxidation sites excluding steroid dienone is 1. The molecule has 0 aliphatic heterocycles. The molecule has 2 aromatic carbocycles. The Morgan fingerprint density at radius 1 is 1.05 bits per heavy atom. The lowest BCUT2D eigenvalue weighted by Gasteiger charge is -2.11. The summed E-state index contributed by atoms with van der Waals surface area (Å²) in [7, 11) is 5.74. The molecule has 22 heavy (non-hydrogen) atoms. The van der Waals surface area contributed by atoms with E-state index in [-0.39, 0.29) is 0 Å². The topological polar surface area (TPSA) is 12.5 Å². The maximum atomic E-state index is 5.32. The van der Waals surface area contributed by atoms with E-state index in [1.807, 2.05) is 57.4 Å². The van der Waals surface area contributed by atoms with Gasteiger partial charge in [-0.15, -0.1) is 0 Å². The van der Waals surface area contributed by atoms with Crippen LogP contribution < -0.4 is 9.64 Å². The maximum Gasteiger partial charge on any atom is 0.122 e. The van der Waals surface area contributed by atoms with Crippen LogP contribution in [0.5, 0.6) is 5.75 Å². The fraction of sp³-hybridized carbons (Fsp3) is 0.200. The minimum Gasteiger partial charge on any atom is -0.496 e. The van der Waals surface area contributed by atoms with Crippen molar-refractivity contribution in [2.75, 3.05) is 26.1 Å². The van der Waals surface area contributed by atoms with Gasteiger partial charge in [-0.1, -0.05) is 24.0 Å². The molecule has 0 aliphatic carbocycles. The van der Waals surface area contributed by atoms with Crippen LogP contribution in [0.4, 0.5) is 5.69 Å². The zero-order valence-corrected chi connectivity index (χ0v) is 13.6. The molecule has 2 aromatic rings. The number of methoxy groups -OCH3 is 1. The molecule has 0 aromatic heterocycles. The van der Waals surface area contributed by atoms with Gasteiger partial charge in [0.25, 0.3) is 0 Å². The summed E-state index contributed by atoms with van der Waals surface area (Å²) < 4.78 is 5.32. The lowest BCUT2D eigenvalue weighted by molar-refractivity contribution is 0.411. The van der Waals surface area contributed by atoms with E-state index in [0.717, 1.165) is 22.4 Å². The van der Waals surface area contributed by atoms with Crippen LogP contribution in [0.1, 0.15) is 16.7 Å². The van der Waals surface area contributed by atoms with E-state index in [9.17, 15) is 0 Å². The van der Waals surface area contributed by atoms with Gasteiger partial charge in [0.2, 0.25) is 0 Å². The van der Waals surface area contributed by atoms with Gasteiger partial charge in [-0.2, -0.15) is 0 Å². The van der Waals surface area contributed by atoms with Gasteiger partial charge in [0, 0.05) is 25.3 Å². The second-order valence-electron chi connectivity index (χ2n) is 5.27. The highest BCUT2D eigenvalue weighted by atomic mass is 16.5. The molecule has 0 amide bonds. The van der Waals surface area contributed by atoms with E-state index >= 15 is 0 Å². The summed E-state index contributed by atoms with van der Waals surface area (Å²) in [5, 5.41) is 0. The third-order valence-corrected chi connectivity index (χ3v) is 3.39. The molecule has 0 bridgehead atoms. The Morgan fingerprint density at radius 3 is 2.41 bits per heavy atom. The summed E-state index contributed by atoms with van der Waals surface area (Å²) in [5.41, 5.74) is 4.40. The lowest BCUT2D eigenvalue weighted by Crippen LogP contribution is -2.07. The van der Waals surface area contributed by atoms with Crippen LogP contribution >= 0.6 is 0 Å². The molecule has 0 saturated carbocycles. The Balaban J connectivity index is 2.06. The summed E-state index contributed by atoms with van der Waals surface area (Å²) in [6.45, 7) is 2.03. The molecule has 0 unspecified atom stereocenters. The van der Waals surface area contributed by atoms with Crippen LogP contribution in [0.3, 0.4) is 0 Å². The lowest BCUT2D eigenvalue weighted by atomic mass is 10.1. The standard InChI is InChI=1S/C20H21NO/c1-16-9-10-18(15-20(16)22-4)8-6-5-7-17-11-13-19(14-12-17)21(2)3/h6,8-15H,1-4H3/b8-6+. The highest BCUT2D eigenvalue weighted by Crippen LogP contribution is 2.19. The summed E-state index contributed by atoms with van der Waals surface area (Å²) in [4.78, 5) is 2.07. The molecule has 0 heterocycles. The first kappa shape index (κ1) is 15.7. The molecular weight excluding hydrogens is 270 g/mol. The Labute approximate surface area is 133 Å². The molecule has 2 nitrogen and oxygen atoms in total. The molecule has 0 radical (unpaired) electrons. The van der Waals surface area contributed by atoms with Crippen molar-refractivity contribution in [1.82, 2.24) is 0 Å². The molecule has 0 saturated heterocycles. The summed E-state index contributed by atoms with van der Waals surface area (Å²) in [5.74, 6) is 7.10. The molecule has 2 heteroatoms. The molecule has 0 N–H and O–H groups in total. The molecule has 0 spiro atoms. The molecule has 2 rings (SSSR count). The Bertz CT molecular complexity index is 716. The van der Waals surface area contributed by atoms with Crippen molar-refractivity contribution in [2.24, 2.45) is 0 Å². The van der Waals surface area contributed by atoms with E-state index in [1.165, 1.54) is 5.69 Å². The smallest absolute Gasteiger partial charge is 0.122 e. The normalized spacial score (nSPS) is 10.2. The van der Waals surface area contributed by atoms with Gasteiger partial charge in [0.15, 0.2) is 0 Å². The average molecular weight is 291 g/mol. The van der Waals surface area contributed by atoms with Gasteiger partial charge in [0.05, 0.1) is 7.11 Å². The first-order valence-corrected chi connectivity index (χ1v) is 7.20. The van der Waals surface area contributed by atoms with E-state index in [2.05, 4.69) is 34.9 Å². The molecule has 0 atom stereocenters. The van der Waals surface area contributed by atoms with Gasteiger partial charge in [-0.25, -0.2) is 0 Å². The molecule has 0 aliphatic rings. The number of nitrogens with zero attached hydrogens (tertiary/aromatic N) is 1. The van der Waals surface area contributed by atoms with Crippen LogP contribution in [-0.4, -0.2) is 21.2 Å². The number of hydrogen-bond donors (Lipinski definition) is 0. The van der Waals surface area contributed by atoms with Crippen molar-refractivity contribution < 1.29 is 4.74 Å². The van der Waals surface area contributed by atoms with Crippen LogP contribution in [-0.2, 0) is 0 Å². The highest BCUT2D eigenvalue weighted by Gasteiger charge is 1.97. The third-order valence-electron chi connectivity index (χ3n) is 3.39. The van der Waals surface area contributed by atoms with Crippen molar-refractivity contribution in [1.29, 1.82) is 0 Å². The monoisotopic (exact) mass is 291 g/mol. The van der Waals surface area contributed by atoms with E-state index < -0.39 is 0 Å². The number of benzene rings is 2. The number of hydrogen-bond acceptors (Lipinski definition) is 2. The van der Waals surface area contributed by atoms with Crippen LogP contribution in [0, 0.1) is 18.8 Å². The fourth-order valence-corrected chi connectivity index (χ4v) is 2.05. The Hall–Kier alpha value is -2.66. The predicted octanol–water partition coefficient (Wildman–Crippen LogP) is 4.13. The second kappa shape index (κ2) is 7.38. The number of ether oxygens (including phenoxy) is 1.